The molecule has 0 fully saturated rings. The SMILES string of the molecule is Cc1ccc(COc2cccc(-c3ccc(Cc4nc5ccc(C(=O)O)cc5n4Cc4nccn4C)c(F)c3)n2)c(F)c1.N. The van der Waals surface area contributed by atoms with Gasteiger partial charge in [-0.3, -0.25) is 0 Å². The van der Waals surface area contributed by atoms with Gasteiger partial charge in [0.15, 0.2) is 0 Å². The summed E-state index contributed by atoms with van der Waals surface area (Å²) < 4.78 is 39.2. The fourth-order valence-corrected chi connectivity index (χ4v) is 4.90. The maximum atomic E-state index is 15.5. The van der Waals surface area contributed by atoms with Crippen molar-refractivity contribution in [3.05, 3.63) is 131 Å². The van der Waals surface area contributed by atoms with Crippen molar-refractivity contribution in [1.29, 1.82) is 0 Å². The fraction of sp³-hybridized carbons (Fsp3) is 0.152. The number of benzene rings is 3. The maximum absolute atomic E-state index is 15.5. The zero-order chi connectivity index (χ0) is 30.1. The summed E-state index contributed by atoms with van der Waals surface area (Å²) in [6.07, 6.45) is 3.68. The number of carboxylic acid groups (broad SMARTS) is 1. The van der Waals surface area contributed by atoms with Crippen LogP contribution in [0.1, 0.15) is 38.7 Å². The predicted octanol–water partition coefficient (Wildman–Crippen LogP) is 6.50. The van der Waals surface area contributed by atoms with Crippen LogP contribution < -0.4 is 10.9 Å². The summed E-state index contributed by atoms with van der Waals surface area (Å²) in [5, 5.41) is 9.53. The van der Waals surface area contributed by atoms with Crippen molar-refractivity contribution < 1.29 is 23.4 Å². The Morgan fingerprint density at radius 2 is 1.73 bits per heavy atom. The molecule has 4 N–H and O–H groups in total. The molecule has 0 aliphatic rings. The van der Waals surface area contributed by atoms with Crippen LogP contribution in [0.5, 0.6) is 5.88 Å². The number of hydrogen-bond acceptors (Lipinski definition) is 6. The second-order valence-electron chi connectivity index (χ2n) is 10.3. The smallest absolute Gasteiger partial charge is 0.335 e. The molecule has 3 aromatic heterocycles. The highest BCUT2D eigenvalue weighted by molar-refractivity contribution is 5.92. The summed E-state index contributed by atoms with van der Waals surface area (Å²) in [6.45, 7) is 2.17. The Kier molecular flexibility index (Phi) is 8.50. The summed E-state index contributed by atoms with van der Waals surface area (Å²) in [7, 11) is 1.87. The lowest BCUT2D eigenvalue weighted by Gasteiger charge is -2.11. The molecule has 0 bridgehead atoms. The quantitative estimate of drug-likeness (QED) is 0.195. The van der Waals surface area contributed by atoms with Gasteiger partial charge in [0.1, 0.15) is 29.9 Å². The summed E-state index contributed by atoms with van der Waals surface area (Å²) in [4.78, 5) is 25.3. The van der Waals surface area contributed by atoms with Crippen molar-refractivity contribution in [3.8, 4) is 17.1 Å². The van der Waals surface area contributed by atoms with Crippen LogP contribution in [-0.2, 0) is 26.6 Å². The van der Waals surface area contributed by atoms with Crippen LogP contribution in [0, 0.1) is 18.6 Å². The molecular formula is C33H30F2N6O3. The van der Waals surface area contributed by atoms with E-state index in [0.717, 1.165) is 11.4 Å². The molecule has 0 radical (unpaired) electrons. The molecule has 44 heavy (non-hydrogen) atoms. The molecule has 0 saturated carbocycles. The van der Waals surface area contributed by atoms with Crippen LogP contribution >= 0.6 is 0 Å². The normalized spacial score (nSPS) is 11.0. The number of fused-ring (bicyclic) bond motifs is 1. The minimum absolute atomic E-state index is 0. The second-order valence-corrected chi connectivity index (χ2v) is 10.3. The Morgan fingerprint density at radius 1 is 0.932 bits per heavy atom. The zero-order valence-corrected chi connectivity index (χ0v) is 24.2. The van der Waals surface area contributed by atoms with Crippen LogP contribution in [0.4, 0.5) is 8.78 Å². The van der Waals surface area contributed by atoms with Gasteiger partial charge in [0, 0.05) is 43.1 Å². The number of carboxylic acids is 1. The molecular weight excluding hydrogens is 566 g/mol. The summed E-state index contributed by atoms with van der Waals surface area (Å²) in [5.41, 5.74) is 4.10. The molecule has 11 heteroatoms. The van der Waals surface area contributed by atoms with E-state index in [4.69, 9.17) is 9.72 Å². The number of pyridine rings is 1. The van der Waals surface area contributed by atoms with E-state index in [-0.39, 0.29) is 30.6 Å². The molecule has 0 amide bonds. The average Bonchev–Trinajstić information content (AvgIpc) is 3.55. The van der Waals surface area contributed by atoms with Crippen molar-refractivity contribution >= 4 is 17.0 Å². The number of aromatic nitrogens is 5. The minimum Gasteiger partial charge on any atom is -0.478 e. The Hall–Kier alpha value is -5.42. The number of hydrogen-bond donors (Lipinski definition) is 2. The molecule has 224 valence electrons. The summed E-state index contributed by atoms with van der Waals surface area (Å²) in [6, 6.07) is 19.7. The molecule has 6 aromatic rings. The Labute approximate surface area is 252 Å². The molecule has 0 atom stereocenters. The van der Waals surface area contributed by atoms with Crippen molar-refractivity contribution in [3.63, 3.8) is 0 Å². The summed E-state index contributed by atoms with van der Waals surface area (Å²) in [5.74, 6) is -0.205. The molecule has 3 heterocycles. The first-order chi connectivity index (χ1) is 20.7. The first-order valence-electron chi connectivity index (χ1n) is 13.6. The number of ether oxygens (including phenoxy) is 1. The topological polar surface area (TPSA) is 130 Å². The van der Waals surface area contributed by atoms with Gasteiger partial charge >= 0.3 is 5.97 Å². The van der Waals surface area contributed by atoms with Gasteiger partial charge in [0.25, 0.3) is 0 Å². The standard InChI is InChI=1S/C33H27F2N5O3.H3N/c1-20-6-7-24(25(34)14-20)19-43-32-5-3-4-27(38-32)22-9-8-21(26(35)15-22)17-30-37-28-11-10-23(33(41)42)16-29(28)40(30)18-31-36-12-13-39(31)2;/h3-16H,17-19H2,1-2H3,(H,41,42);1H3. The van der Waals surface area contributed by atoms with Gasteiger partial charge in [0.05, 0.1) is 28.8 Å². The van der Waals surface area contributed by atoms with Gasteiger partial charge in [0.2, 0.25) is 5.88 Å². The van der Waals surface area contributed by atoms with Crippen LogP contribution in [-0.4, -0.2) is 35.2 Å². The van der Waals surface area contributed by atoms with Gasteiger partial charge in [-0.15, -0.1) is 0 Å². The maximum Gasteiger partial charge on any atom is 0.335 e. The van der Waals surface area contributed by atoms with Crippen molar-refractivity contribution in [2.75, 3.05) is 0 Å². The van der Waals surface area contributed by atoms with Crippen molar-refractivity contribution in [2.24, 2.45) is 7.05 Å². The third kappa shape index (κ3) is 6.18. The van der Waals surface area contributed by atoms with E-state index in [2.05, 4.69) is 9.97 Å². The zero-order valence-electron chi connectivity index (χ0n) is 24.2. The fourth-order valence-electron chi connectivity index (χ4n) is 4.90. The molecule has 3 aromatic carbocycles. The minimum atomic E-state index is -1.04. The molecule has 0 unspecified atom stereocenters. The Balaban J connectivity index is 0.00000384. The monoisotopic (exact) mass is 596 g/mol. The molecule has 9 nitrogen and oxygen atoms in total. The number of aryl methyl sites for hydroxylation is 2. The molecule has 0 aliphatic carbocycles. The number of rotatable bonds is 9. The number of carbonyl (C=O) groups is 1. The van der Waals surface area contributed by atoms with Crippen LogP contribution in [0.25, 0.3) is 22.3 Å². The van der Waals surface area contributed by atoms with E-state index >= 15 is 4.39 Å². The first kappa shape index (κ1) is 30.1. The lowest BCUT2D eigenvalue weighted by Crippen LogP contribution is -2.10. The van der Waals surface area contributed by atoms with Crippen LogP contribution in [0.2, 0.25) is 0 Å². The van der Waals surface area contributed by atoms with E-state index < -0.39 is 11.8 Å². The molecule has 0 aliphatic heterocycles. The number of halogens is 2. The lowest BCUT2D eigenvalue weighted by atomic mass is 10.1. The van der Waals surface area contributed by atoms with E-state index in [9.17, 15) is 14.3 Å². The summed E-state index contributed by atoms with van der Waals surface area (Å²) >= 11 is 0. The van der Waals surface area contributed by atoms with E-state index in [1.54, 1.807) is 54.7 Å². The van der Waals surface area contributed by atoms with E-state index in [1.165, 1.54) is 18.2 Å². The highest BCUT2D eigenvalue weighted by Gasteiger charge is 2.18. The van der Waals surface area contributed by atoms with Crippen molar-refractivity contribution in [2.45, 2.75) is 26.5 Å². The van der Waals surface area contributed by atoms with E-state index in [1.807, 2.05) is 35.4 Å². The van der Waals surface area contributed by atoms with Gasteiger partial charge < -0.3 is 25.1 Å². The lowest BCUT2D eigenvalue weighted by molar-refractivity contribution is 0.0697. The Bertz CT molecular complexity index is 1980. The number of imidazole rings is 2. The largest absolute Gasteiger partial charge is 0.478 e. The van der Waals surface area contributed by atoms with Gasteiger partial charge in [-0.25, -0.2) is 28.5 Å². The van der Waals surface area contributed by atoms with Gasteiger partial charge in [-0.1, -0.05) is 30.3 Å². The Morgan fingerprint density at radius 3 is 2.45 bits per heavy atom. The highest BCUT2D eigenvalue weighted by atomic mass is 19.1. The first-order valence-corrected chi connectivity index (χ1v) is 13.6. The number of aromatic carboxylic acids is 1. The van der Waals surface area contributed by atoms with Crippen LogP contribution in [0.15, 0.2) is 85.2 Å². The molecule has 0 saturated heterocycles. The number of nitrogens with zero attached hydrogens (tertiary/aromatic N) is 5. The van der Waals surface area contributed by atoms with Gasteiger partial charge in [-0.05, 0) is 54.4 Å². The molecule has 6 rings (SSSR count). The molecule has 0 spiro atoms. The van der Waals surface area contributed by atoms with Gasteiger partial charge in [-0.2, -0.15) is 0 Å². The van der Waals surface area contributed by atoms with E-state index in [0.29, 0.717) is 51.7 Å². The van der Waals surface area contributed by atoms with Crippen LogP contribution in [0.3, 0.4) is 0 Å². The third-order valence-electron chi connectivity index (χ3n) is 7.30. The highest BCUT2D eigenvalue weighted by Crippen LogP contribution is 2.26. The van der Waals surface area contributed by atoms with Crippen molar-refractivity contribution in [1.82, 2.24) is 30.2 Å². The predicted molar refractivity (Wildman–Crippen MR) is 162 cm³/mol. The second kappa shape index (κ2) is 12.4. The average molecular weight is 597 g/mol. The third-order valence-corrected chi connectivity index (χ3v) is 7.30.